The number of carbonyl (C=O) groups excluding carboxylic acids is 1. The maximum atomic E-state index is 12.3. The summed E-state index contributed by atoms with van der Waals surface area (Å²) >= 11 is 0. The van der Waals surface area contributed by atoms with Crippen molar-refractivity contribution in [3.63, 3.8) is 0 Å². The highest BCUT2D eigenvalue weighted by Gasteiger charge is 2.29. The van der Waals surface area contributed by atoms with Gasteiger partial charge in [-0.1, -0.05) is 12.1 Å². The molecule has 16 heavy (non-hydrogen) atoms. The van der Waals surface area contributed by atoms with Crippen LogP contribution in [0.1, 0.15) is 25.0 Å². The molecule has 0 atom stereocenters. The lowest BCUT2D eigenvalue weighted by molar-refractivity contribution is -0.137. The van der Waals surface area contributed by atoms with E-state index in [9.17, 15) is 18.0 Å². The molecule has 0 aliphatic carbocycles. The summed E-state index contributed by atoms with van der Waals surface area (Å²) in [6.07, 6.45) is -2.93. The van der Waals surface area contributed by atoms with Crippen LogP contribution in [0.5, 0.6) is 0 Å². The van der Waals surface area contributed by atoms with E-state index in [4.69, 9.17) is 0 Å². The van der Waals surface area contributed by atoms with E-state index < -0.39 is 11.7 Å². The molecule has 0 spiro atoms. The van der Waals surface area contributed by atoms with Crippen molar-refractivity contribution in [1.29, 1.82) is 0 Å². The van der Waals surface area contributed by atoms with E-state index in [1.807, 2.05) is 0 Å². The molecule has 1 rings (SSSR count). The topological polar surface area (TPSA) is 17.1 Å². The number of hydrogen-bond acceptors (Lipinski definition) is 1. The summed E-state index contributed by atoms with van der Waals surface area (Å²) < 4.78 is 36.8. The van der Waals surface area contributed by atoms with E-state index in [0.29, 0.717) is 11.1 Å². The first-order chi connectivity index (χ1) is 7.30. The summed E-state index contributed by atoms with van der Waals surface area (Å²) in [6.45, 7) is 3.08. The predicted octanol–water partition coefficient (Wildman–Crippen LogP) is 3.70. The molecular weight excluding hydrogens is 217 g/mol. The molecular formula is C12H11F3O. The normalized spacial score (nSPS) is 12.7. The van der Waals surface area contributed by atoms with E-state index in [1.54, 1.807) is 6.92 Å². The standard InChI is InChI=1S/C12H11F3O/c1-8(7-9(2)16)10-3-5-11(6-4-10)12(13,14)15/h3-7H,1-2H3/b8-7+. The zero-order valence-electron chi connectivity index (χ0n) is 8.93. The fourth-order valence-electron chi connectivity index (χ4n) is 1.31. The Labute approximate surface area is 91.6 Å². The highest BCUT2D eigenvalue weighted by Crippen LogP contribution is 2.29. The number of ketones is 1. The van der Waals surface area contributed by atoms with Gasteiger partial charge in [0.2, 0.25) is 0 Å². The molecule has 0 saturated carbocycles. The molecule has 0 amide bonds. The smallest absolute Gasteiger partial charge is 0.295 e. The maximum absolute atomic E-state index is 12.3. The zero-order valence-corrected chi connectivity index (χ0v) is 8.93. The summed E-state index contributed by atoms with van der Waals surface area (Å²) in [5, 5.41) is 0. The minimum Gasteiger partial charge on any atom is -0.295 e. The van der Waals surface area contributed by atoms with Gasteiger partial charge in [-0.25, -0.2) is 0 Å². The molecule has 0 bridgehead atoms. The number of alkyl halides is 3. The molecule has 0 radical (unpaired) electrons. The van der Waals surface area contributed by atoms with Crippen molar-refractivity contribution in [2.24, 2.45) is 0 Å². The van der Waals surface area contributed by atoms with Gasteiger partial charge in [0.15, 0.2) is 5.78 Å². The predicted molar refractivity (Wildman–Crippen MR) is 55.8 cm³/mol. The number of carbonyl (C=O) groups is 1. The largest absolute Gasteiger partial charge is 0.416 e. The first kappa shape index (κ1) is 12.5. The van der Waals surface area contributed by atoms with Crippen LogP contribution in [0.25, 0.3) is 5.57 Å². The maximum Gasteiger partial charge on any atom is 0.416 e. The average Bonchev–Trinajstić information content (AvgIpc) is 2.15. The van der Waals surface area contributed by atoms with Gasteiger partial charge in [0.05, 0.1) is 5.56 Å². The molecule has 0 aliphatic heterocycles. The van der Waals surface area contributed by atoms with E-state index in [2.05, 4.69) is 0 Å². The third-order valence-corrected chi connectivity index (χ3v) is 2.09. The molecule has 0 unspecified atom stereocenters. The van der Waals surface area contributed by atoms with Gasteiger partial charge in [0.25, 0.3) is 0 Å². The Bertz CT molecular complexity index is 413. The van der Waals surface area contributed by atoms with Gasteiger partial charge < -0.3 is 0 Å². The van der Waals surface area contributed by atoms with Crippen molar-refractivity contribution < 1.29 is 18.0 Å². The Kier molecular flexibility index (Phi) is 3.52. The molecule has 0 N–H and O–H groups in total. The molecule has 0 heterocycles. The van der Waals surface area contributed by atoms with Crippen LogP contribution in [0.15, 0.2) is 30.3 Å². The number of rotatable bonds is 2. The zero-order chi connectivity index (χ0) is 12.3. The van der Waals surface area contributed by atoms with Crippen LogP contribution in [0.4, 0.5) is 13.2 Å². The van der Waals surface area contributed by atoms with Crippen molar-refractivity contribution in [3.8, 4) is 0 Å². The van der Waals surface area contributed by atoms with E-state index in [-0.39, 0.29) is 5.78 Å². The SMILES string of the molecule is CC(=O)/C=C(\C)c1ccc(C(F)(F)F)cc1. The second-order valence-corrected chi connectivity index (χ2v) is 3.51. The molecule has 1 aromatic carbocycles. The van der Waals surface area contributed by atoms with Gasteiger partial charge in [-0.3, -0.25) is 4.79 Å². The Morgan fingerprint density at radius 2 is 1.62 bits per heavy atom. The molecule has 0 aliphatic rings. The Balaban J connectivity index is 3.00. The second kappa shape index (κ2) is 4.51. The van der Waals surface area contributed by atoms with Crippen molar-refractivity contribution in [2.45, 2.75) is 20.0 Å². The third kappa shape index (κ3) is 3.22. The molecule has 1 nitrogen and oxygen atoms in total. The van der Waals surface area contributed by atoms with Crippen LogP contribution in [0, 0.1) is 0 Å². The summed E-state index contributed by atoms with van der Waals surface area (Å²) in [5.41, 5.74) is 0.580. The number of hydrogen-bond donors (Lipinski definition) is 0. The monoisotopic (exact) mass is 228 g/mol. The minimum atomic E-state index is -4.32. The molecule has 0 saturated heterocycles. The van der Waals surface area contributed by atoms with Crippen LogP contribution in [-0.4, -0.2) is 5.78 Å². The quantitative estimate of drug-likeness (QED) is 0.705. The number of benzene rings is 1. The van der Waals surface area contributed by atoms with Crippen molar-refractivity contribution in [2.75, 3.05) is 0 Å². The van der Waals surface area contributed by atoms with Crippen LogP contribution >= 0.6 is 0 Å². The Morgan fingerprint density at radius 1 is 1.12 bits per heavy atom. The fourth-order valence-corrected chi connectivity index (χ4v) is 1.31. The molecule has 86 valence electrons. The van der Waals surface area contributed by atoms with Crippen LogP contribution in [0.2, 0.25) is 0 Å². The number of allylic oxidation sites excluding steroid dienone is 2. The van der Waals surface area contributed by atoms with Gasteiger partial charge >= 0.3 is 6.18 Å². The van der Waals surface area contributed by atoms with Crippen LogP contribution in [-0.2, 0) is 11.0 Å². The van der Waals surface area contributed by atoms with Crippen LogP contribution < -0.4 is 0 Å². The van der Waals surface area contributed by atoms with Gasteiger partial charge in [0, 0.05) is 0 Å². The number of halogens is 3. The fraction of sp³-hybridized carbons (Fsp3) is 0.250. The lowest BCUT2D eigenvalue weighted by Crippen LogP contribution is -2.04. The molecule has 0 aromatic heterocycles. The third-order valence-electron chi connectivity index (χ3n) is 2.09. The summed E-state index contributed by atoms with van der Waals surface area (Å²) in [7, 11) is 0. The first-order valence-corrected chi connectivity index (χ1v) is 4.67. The van der Waals surface area contributed by atoms with Gasteiger partial charge in [-0.15, -0.1) is 0 Å². The molecule has 1 aromatic rings. The van der Waals surface area contributed by atoms with Crippen molar-refractivity contribution in [1.82, 2.24) is 0 Å². The van der Waals surface area contributed by atoms with E-state index in [1.165, 1.54) is 25.1 Å². The highest BCUT2D eigenvalue weighted by molar-refractivity contribution is 5.94. The second-order valence-electron chi connectivity index (χ2n) is 3.51. The van der Waals surface area contributed by atoms with Gasteiger partial charge in [-0.05, 0) is 43.2 Å². The van der Waals surface area contributed by atoms with E-state index >= 15 is 0 Å². The Hall–Kier alpha value is -1.58. The van der Waals surface area contributed by atoms with E-state index in [0.717, 1.165) is 12.1 Å². The summed E-state index contributed by atoms with van der Waals surface area (Å²) in [4.78, 5) is 10.8. The minimum absolute atomic E-state index is 0.127. The molecule has 4 heteroatoms. The van der Waals surface area contributed by atoms with Crippen molar-refractivity contribution in [3.05, 3.63) is 41.5 Å². The Morgan fingerprint density at radius 3 is 2.00 bits per heavy atom. The van der Waals surface area contributed by atoms with Gasteiger partial charge in [0.1, 0.15) is 0 Å². The summed E-state index contributed by atoms with van der Waals surface area (Å²) in [5.74, 6) is -0.127. The molecule has 0 fully saturated rings. The van der Waals surface area contributed by atoms with Gasteiger partial charge in [-0.2, -0.15) is 13.2 Å². The average molecular weight is 228 g/mol. The lowest BCUT2D eigenvalue weighted by Gasteiger charge is -2.07. The highest BCUT2D eigenvalue weighted by atomic mass is 19.4. The lowest BCUT2D eigenvalue weighted by atomic mass is 10.0. The first-order valence-electron chi connectivity index (χ1n) is 4.67. The van der Waals surface area contributed by atoms with Crippen molar-refractivity contribution >= 4 is 11.4 Å². The van der Waals surface area contributed by atoms with Crippen LogP contribution in [0.3, 0.4) is 0 Å². The summed E-state index contributed by atoms with van der Waals surface area (Å²) in [6, 6.07) is 4.73.